The Balaban J connectivity index is 2.46. The molecule has 1 unspecified atom stereocenters. The summed E-state index contributed by atoms with van der Waals surface area (Å²) >= 11 is 3.29. The lowest BCUT2D eigenvalue weighted by atomic mass is 9.76. The van der Waals surface area contributed by atoms with Gasteiger partial charge in [0.05, 0.1) is 6.61 Å². The number of aliphatic hydroxyl groups is 1. The van der Waals surface area contributed by atoms with E-state index in [9.17, 15) is 13.9 Å². The van der Waals surface area contributed by atoms with E-state index in [4.69, 9.17) is 5.73 Å². The van der Waals surface area contributed by atoms with Gasteiger partial charge in [0.25, 0.3) is 0 Å². The highest BCUT2D eigenvalue weighted by Gasteiger charge is 2.33. The maximum absolute atomic E-state index is 14.1. The molecule has 2 aromatic carbocycles. The lowest BCUT2D eigenvalue weighted by molar-refractivity contribution is 0.192. The third kappa shape index (κ3) is 3.31. The summed E-state index contributed by atoms with van der Waals surface area (Å²) in [5.41, 5.74) is 6.02. The number of hydrogen-bond acceptors (Lipinski definition) is 2. The van der Waals surface area contributed by atoms with Crippen LogP contribution < -0.4 is 5.73 Å². The topological polar surface area (TPSA) is 46.2 Å². The van der Waals surface area contributed by atoms with E-state index in [1.807, 2.05) is 0 Å². The minimum atomic E-state index is -0.939. The Kier molecular flexibility index (Phi) is 5.08. The zero-order valence-electron chi connectivity index (χ0n) is 11.3. The van der Waals surface area contributed by atoms with E-state index in [0.717, 1.165) is 5.56 Å². The van der Waals surface area contributed by atoms with E-state index in [0.29, 0.717) is 16.5 Å². The van der Waals surface area contributed by atoms with Gasteiger partial charge in [-0.05, 0) is 35.7 Å². The van der Waals surface area contributed by atoms with Crippen molar-refractivity contribution in [2.75, 3.05) is 13.2 Å². The summed E-state index contributed by atoms with van der Waals surface area (Å²) in [5, 5.41) is 9.83. The number of aliphatic hydroxyl groups excluding tert-OH is 1. The second-order valence-corrected chi connectivity index (χ2v) is 5.89. The summed E-state index contributed by atoms with van der Waals surface area (Å²) < 4.78 is 27.8. The first-order chi connectivity index (χ1) is 10.0. The summed E-state index contributed by atoms with van der Waals surface area (Å²) in [6, 6.07) is 10.5. The monoisotopic (exact) mass is 355 g/mol. The summed E-state index contributed by atoms with van der Waals surface area (Å²) in [6.07, 6.45) is 0.307. The predicted octanol–water partition coefficient (Wildman–Crippen LogP) is 3.16. The van der Waals surface area contributed by atoms with Crippen LogP contribution in [0.3, 0.4) is 0 Å². The third-order valence-corrected chi connectivity index (χ3v) is 4.42. The molecule has 0 saturated carbocycles. The summed E-state index contributed by atoms with van der Waals surface area (Å²) in [7, 11) is 0. The average molecular weight is 356 g/mol. The molecule has 1 atom stereocenters. The van der Waals surface area contributed by atoms with Gasteiger partial charge in [-0.1, -0.05) is 40.2 Å². The van der Waals surface area contributed by atoms with Crippen molar-refractivity contribution < 1.29 is 13.9 Å². The number of rotatable bonds is 5. The van der Waals surface area contributed by atoms with Crippen molar-refractivity contribution in [1.29, 1.82) is 0 Å². The Bertz CT molecular complexity index is 629. The standard InChI is InChI=1S/C16H16BrF2NO/c17-14-7-12(18)6-5-11(14)8-16(9-20,10-21)13-3-1-2-4-15(13)19/h1-7,21H,8-10,20H2. The average Bonchev–Trinajstić information content (AvgIpc) is 2.48. The Labute approximate surface area is 130 Å². The largest absolute Gasteiger partial charge is 0.395 e. The van der Waals surface area contributed by atoms with Gasteiger partial charge < -0.3 is 10.8 Å². The molecule has 2 rings (SSSR count). The Hall–Kier alpha value is -1.30. The minimum Gasteiger partial charge on any atom is -0.395 e. The molecule has 0 saturated heterocycles. The van der Waals surface area contributed by atoms with Crippen LogP contribution in [0.25, 0.3) is 0 Å². The van der Waals surface area contributed by atoms with Crippen LogP contribution in [0, 0.1) is 11.6 Å². The molecule has 0 aliphatic carbocycles. The van der Waals surface area contributed by atoms with E-state index >= 15 is 0 Å². The molecule has 0 aliphatic heterocycles. The fourth-order valence-corrected chi connectivity index (χ4v) is 2.89. The summed E-state index contributed by atoms with van der Waals surface area (Å²) in [5.74, 6) is -0.769. The van der Waals surface area contributed by atoms with Crippen LogP contribution >= 0.6 is 15.9 Å². The molecular weight excluding hydrogens is 340 g/mol. The van der Waals surface area contributed by atoms with E-state index < -0.39 is 11.2 Å². The van der Waals surface area contributed by atoms with Crippen molar-refractivity contribution in [2.45, 2.75) is 11.8 Å². The molecule has 2 aromatic rings. The van der Waals surface area contributed by atoms with Crippen LogP contribution in [0.15, 0.2) is 46.9 Å². The molecule has 0 aliphatic rings. The fourth-order valence-electron chi connectivity index (χ4n) is 2.40. The van der Waals surface area contributed by atoms with Crippen LogP contribution in [0.2, 0.25) is 0 Å². The molecular formula is C16H16BrF2NO. The highest BCUT2D eigenvalue weighted by Crippen LogP contribution is 2.32. The van der Waals surface area contributed by atoms with Crippen LogP contribution in [0.5, 0.6) is 0 Å². The van der Waals surface area contributed by atoms with E-state index in [1.165, 1.54) is 18.2 Å². The molecule has 5 heteroatoms. The summed E-state index contributed by atoms with van der Waals surface area (Å²) in [6.45, 7) is -0.220. The molecule has 0 heterocycles. The molecule has 3 N–H and O–H groups in total. The fraction of sp³-hybridized carbons (Fsp3) is 0.250. The van der Waals surface area contributed by atoms with Gasteiger partial charge in [0.15, 0.2) is 0 Å². The number of halogens is 3. The first kappa shape index (κ1) is 16.1. The lowest BCUT2D eigenvalue weighted by Crippen LogP contribution is -2.41. The molecule has 0 bridgehead atoms. The molecule has 2 nitrogen and oxygen atoms in total. The molecule has 112 valence electrons. The Morgan fingerprint density at radius 2 is 1.86 bits per heavy atom. The molecule has 0 amide bonds. The van der Waals surface area contributed by atoms with E-state index in [1.54, 1.807) is 24.3 Å². The predicted molar refractivity (Wildman–Crippen MR) is 82.0 cm³/mol. The maximum atomic E-state index is 14.1. The second-order valence-electron chi connectivity index (χ2n) is 5.03. The molecule has 0 fully saturated rings. The highest BCUT2D eigenvalue weighted by molar-refractivity contribution is 9.10. The van der Waals surface area contributed by atoms with Gasteiger partial charge in [-0.3, -0.25) is 0 Å². The highest BCUT2D eigenvalue weighted by atomic mass is 79.9. The lowest BCUT2D eigenvalue weighted by Gasteiger charge is -2.32. The number of hydrogen-bond donors (Lipinski definition) is 2. The van der Waals surface area contributed by atoms with Crippen molar-refractivity contribution >= 4 is 15.9 Å². The van der Waals surface area contributed by atoms with E-state index in [2.05, 4.69) is 15.9 Å². The minimum absolute atomic E-state index is 0.0776. The van der Waals surface area contributed by atoms with E-state index in [-0.39, 0.29) is 19.0 Å². The van der Waals surface area contributed by atoms with Gasteiger partial charge in [-0.25, -0.2) is 8.78 Å². The third-order valence-electron chi connectivity index (χ3n) is 3.68. The SMILES string of the molecule is NCC(CO)(Cc1ccc(F)cc1Br)c1ccccc1F. The first-order valence-corrected chi connectivity index (χ1v) is 7.31. The van der Waals surface area contributed by atoms with Gasteiger partial charge in [-0.15, -0.1) is 0 Å². The van der Waals surface area contributed by atoms with Crippen LogP contribution in [-0.2, 0) is 11.8 Å². The van der Waals surface area contributed by atoms with Crippen molar-refractivity contribution in [3.63, 3.8) is 0 Å². The number of nitrogens with two attached hydrogens (primary N) is 1. The zero-order valence-corrected chi connectivity index (χ0v) is 12.9. The van der Waals surface area contributed by atoms with Gasteiger partial charge in [0, 0.05) is 16.4 Å². The van der Waals surface area contributed by atoms with Crippen molar-refractivity contribution in [3.8, 4) is 0 Å². The van der Waals surface area contributed by atoms with Crippen LogP contribution in [0.1, 0.15) is 11.1 Å². The normalized spacial score (nSPS) is 14.0. The first-order valence-electron chi connectivity index (χ1n) is 6.52. The smallest absolute Gasteiger partial charge is 0.127 e. The quantitative estimate of drug-likeness (QED) is 0.865. The Morgan fingerprint density at radius 1 is 1.14 bits per heavy atom. The molecule has 21 heavy (non-hydrogen) atoms. The van der Waals surface area contributed by atoms with Crippen molar-refractivity contribution in [3.05, 3.63) is 69.7 Å². The number of benzene rings is 2. The van der Waals surface area contributed by atoms with Gasteiger partial charge >= 0.3 is 0 Å². The van der Waals surface area contributed by atoms with Crippen molar-refractivity contribution in [1.82, 2.24) is 0 Å². The van der Waals surface area contributed by atoms with Crippen LogP contribution in [-0.4, -0.2) is 18.3 Å². The molecule has 0 spiro atoms. The van der Waals surface area contributed by atoms with Crippen LogP contribution in [0.4, 0.5) is 8.78 Å². The molecule has 0 aromatic heterocycles. The second kappa shape index (κ2) is 6.64. The van der Waals surface area contributed by atoms with Gasteiger partial charge in [-0.2, -0.15) is 0 Å². The van der Waals surface area contributed by atoms with Crippen molar-refractivity contribution in [2.24, 2.45) is 5.73 Å². The maximum Gasteiger partial charge on any atom is 0.127 e. The van der Waals surface area contributed by atoms with Gasteiger partial charge in [0.1, 0.15) is 11.6 Å². The molecule has 0 radical (unpaired) electrons. The van der Waals surface area contributed by atoms with Gasteiger partial charge in [0.2, 0.25) is 0 Å². The summed E-state index contributed by atoms with van der Waals surface area (Å²) in [4.78, 5) is 0. The Morgan fingerprint density at radius 3 is 2.43 bits per heavy atom. The zero-order chi connectivity index (χ0) is 15.5.